The van der Waals surface area contributed by atoms with Crippen LogP contribution in [0.4, 0.5) is 0 Å². The number of hydrogen-bond donors (Lipinski definition) is 3. The third-order valence-electron chi connectivity index (χ3n) is 5.86. The quantitative estimate of drug-likeness (QED) is 0.367. The molecule has 1 aliphatic carbocycles. The van der Waals surface area contributed by atoms with E-state index in [0.29, 0.717) is 23.8 Å². The molecule has 5 nitrogen and oxygen atoms in total. The summed E-state index contributed by atoms with van der Waals surface area (Å²) >= 11 is 12.2. The maximum Gasteiger partial charge on any atom is 0.475 e. The summed E-state index contributed by atoms with van der Waals surface area (Å²) in [5, 5.41) is 23.0. The number of amides is 1. The fourth-order valence-corrected chi connectivity index (χ4v) is 4.24. The first-order chi connectivity index (χ1) is 14.8. The van der Waals surface area contributed by atoms with E-state index in [9.17, 15) is 19.6 Å². The summed E-state index contributed by atoms with van der Waals surface area (Å²) in [7, 11) is -1.65. The zero-order valence-electron chi connectivity index (χ0n) is 17.1. The Kier molecular flexibility index (Phi) is 8.55. The number of benzene rings is 2. The van der Waals surface area contributed by atoms with Crippen molar-refractivity contribution in [2.75, 3.05) is 0 Å². The molecular formula is C23H26BCl2NO4. The highest BCUT2D eigenvalue weighted by atomic mass is 35.5. The van der Waals surface area contributed by atoms with Gasteiger partial charge in [-0.25, -0.2) is 0 Å². The first kappa shape index (κ1) is 23.8. The predicted octanol–water partition coefficient (Wildman–Crippen LogP) is 4.11. The molecule has 1 saturated carbocycles. The number of hydrogen-bond acceptors (Lipinski definition) is 4. The molecular weight excluding hydrogens is 436 g/mol. The number of halogens is 2. The summed E-state index contributed by atoms with van der Waals surface area (Å²) in [6, 6.07) is 14.1. The molecule has 2 aromatic rings. The van der Waals surface area contributed by atoms with Gasteiger partial charge in [0, 0.05) is 22.9 Å². The maximum absolute atomic E-state index is 13.1. The maximum atomic E-state index is 13.1. The Hall–Kier alpha value is -1.86. The number of Topliss-reactive ketones (excluding diaryl/α,β-unsaturated/α-hetero) is 1. The Morgan fingerprint density at radius 2 is 1.81 bits per heavy atom. The lowest BCUT2D eigenvalue weighted by Crippen LogP contribution is -2.50. The molecule has 2 atom stereocenters. The Labute approximate surface area is 192 Å². The van der Waals surface area contributed by atoms with Gasteiger partial charge in [-0.05, 0) is 42.5 Å². The highest BCUT2D eigenvalue weighted by Gasteiger charge is 2.33. The van der Waals surface area contributed by atoms with Gasteiger partial charge in [0.05, 0.1) is 11.0 Å². The van der Waals surface area contributed by atoms with Gasteiger partial charge in [-0.2, -0.15) is 0 Å². The highest BCUT2D eigenvalue weighted by Crippen LogP contribution is 2.31. The molecule has 0 spiro atoms. The van der Waals surface area contributed by atoms with Crippen molar-refractivity contribution in [1.29, 1.82) is 0 Å². The molecule has 0 heterocycles. The number of nitrogens with one attached hydrogen (secondary N) is 1. The van der Waals surface area contributed by atoms with E-state index in [-0.39, 0.29) is 28.7 Å². The van der Waals surface area contributed by atoms with Crippen LogP contribution >= 0.6 is 23.2 Å². The van der Waals surface area contributed by atoms with Crippen LogP contribution < -0.4 is 5.32 Å². The summed E-state index contributed by atoms with van der Waals surface area (Å²) in [6.45, 7) is 0. The van der Waals surface area contributed by atoms with Crippen LogP contribution in [0.2, 0.25) is 10.0 Å². The largest absolute Gasteiger partial charge is 0.475 e. The molecule has 2 aromatic carbocycles. The lowest BCUT2D eigenvalue weighted by Gasteiger charge is -2.30. The molecule has 1 aliphatic rings. The second-order valence-corrected chi connectivity index (χ2v) is 9.04. The van der Waals surface area contributed by atoms with Crippen LogP contribution in [-0.2, 0) is 11.2 Å². The van der Waals surface area contributed by atoms with Crippen LogP contribution in [0.3, 0.4) is 0 Å². The summed E-state index contributed by atoms with van der Waals surface area (Å²) in [6.07, 6.45) is 3.96. The third kappa shape index (κ3) is 6.81. The van der Waals surface area contributed by atoms with Crippen molar-refractivity contribution >= 4 is 42.0 Å². The van der Waals surface area contributed by atoms with Crippen LogP contribution in [-0.4, -0.2) is 34.8 Å². The number of rotatable bonds is 10. The van der Waals surface area contributed by atoms with Gasteiger partial charge in [0.25, 0.3) is 0 Å². The predicted molar refractivity (Wildman–Crippen MR) is 123 cm³/mol. The van der Waals surface area contributed by atoms with Crippen LogP contribution in [0.5, 0.6) is 0 Å². The van der Waals surface area contributed by atoms with Crippen LogP contribution in [0.25, 0.3) is 0 Å². The Balaban J connectivity index is 1.76. The third-order valence-corrected chi connectivity index (χ3v) is 6.42. The molecule has 8 heteroatoms. The van der Waals surface area contributed by atoms with Gasteiger partial charge in [0.2, 0.25) is 5.91 Å². The van der Waals surface area contributed by atoms with Crippen molar-refractivity contribution in [3.63, 3.8) is 0 Å². The van der Waals surface area contributed by atoms with Gasteiger partial charge in [-0.3, -0.25) is 9.59 Å². The molecule has 3 N–H and O–H groups in total. The monoisotopic (exact) mass is 461 g/mol. The smallest absolute Gasteiger partial charge is 0.426 e. The summed E-state index contributed by atoms with van der Waals surface area (Å²) in [4.78, 5) is 26.1. The zero-order valence-corrected chi connectivity index (χ0v) is 18.6. The molecule has 1 amide bonds. The molecule has 31 heavy (non-hydrogen) atoms. The minimum Gasteiger partial charge on any atom is -0.426 e. The SMILES string of the molecule is O=C(C[C@@H](Cc1ccccc1)C(=O)N[C@@H](CC1CCC1)B(O)O)c1cc(Cl)ccc1Cl. The van der Waals surface area contributed by atoms with Crippen LogP contribution in [0.1, 0.15) is 48.0 Å². The van der Waals surface area contributed by atoms with Gasteiger partial charge in [0.1, 0.15) is 0 Å². The van der Waals surface area contributed by atoms with Crippen molar-refractivity contribution in [2.24, 2.45) is 11.8 Å². The van der Waals surface area contributed by atoms with Crippen molar-refractivity contribution < 1.29 is 19.6 Å². The van der Waals surface area contributed by atoms with E-state index in [0.717, 1.165) is 24.8 Å². The van der Waals surface area contributed by atoms with Crippen molar-refractivity contribution in [1.82, 2.24) is 5.32 Å². The summed E-state index contributed by atoms with van der Waals surface area (Å²) in [5.41, 5.74) is 1.18. The van der Waals surface area contributed by atoms with Crippen molar-refractivity contribution in [2.45, 2.75) is 44.5 Å². The fourth-order valence-electron chi connectivity index (χ4n) is 3.84. The van der Waals surface area contributed by atoms with E-state index in [4.69, 9.17) is 23.2 Å². The van der Waals surface area contributed by atoms with Crippen LogP contribution in [0, 0.1) is 11.8 Å². The number of carbonyl (C=O) groups excluding carboxylic acids is 2. The first-order valence-corrected chi connectivity index (χ1v) is 11.3. The van der Waals surface area contributed by atoms with Gasteiger partial charge < -0.3 is 15.4 Å². The Morgan fingerprint density at radius 1 is 1.10 bits per heavy atom. The van der Waals surface area contributed by atoms with Gasteiger partial charge >= 0.3 is 7.12 Å². The molecule has 0 saturated heterocycles. The Bertz CT molecular complexity index is 906. The van der Waals surface area contributed by atoms with E-state index >= 15 is 0 Å². The molecule has 3 rings (SSSR count). The minimum absolute atomic E-state index is 0.0710. The number of ketones is 1. The van der Waals surface area contributed by atoms with E-state index < -0.39 is 19.0 Å². The second-order valence-electron chi connectivity index (χ2n) is 8.20. The average Bonchev–Trinajstić information content (AvgIpc) is 2.71. The van der Waals surface area contributed by atoms with Gasteiger partial charge in [0.15, 0.2) is 5.78 Å². The summed E-state index contributed by atoms with van der Waals surface area (Å²) in [5.74, 6) is -1.74. The summed E-state index contributed by atoms with van der Waals surface area (Å²) < 4.78 is 0. The lowest BCUT2D eigenvalue weighted by molar-refractivity contribution is -0.125. The molecule has 0 unspecified atom stereocenters. The standard InChI is InChI=1S/C23H26BCl2NO4/c25-18-9-10-20(26)19(14-18)21(28)13-17(11-15-5-2-1-3-6-15)23(29)27-22(24(30)31)12-16-7-4-8-16/h1-3,5-6,9-10,14,16-17,22,30-31H,4,7-8,11-13H2,(H,27,29)/t17-,22+/m1/s1. The van der Waals surface area contributed by atoms with E-state index in [1.165, 1.54) is 6.07 Å². The van der Waals surface area contributed by atoms with Crippen LogP contribution in [0.15, 0.2) is 48.5 Å². The molecule has 0 aromatic heterocycles. The minimum atomic E-state index is -1.65. The number of carbonyl (C=O) groups is 2. The normalized spacial score (nSPS) is 15.6. The molecule has 1 fully saturated rings. The second kappa shape index (κ2) is 11.1. The Morgan fingerprint density at radius 3 is 2.42 bits per heavy atom. The van der Waals surface area contributed by atoms with Crippen molar-refractivity contribution in [3.8, 4) is 0 Å². The fraction of sp³-hybridized carbons (Fsp3) is 0.391. The molecule has 0 aliphatic heterocycles. The van der Waals surface area contributed by atoms with Crippen molar-refractivity contribution in [3.05, 3.63) is 69.7 Å². The first-order valence-electron chi connectivity index (χ1n) is 10.5. The van der Waals surface area contributed by atoms with E-state index in [2.05, 4.69) is 5.32 Å². The average molecular weight is 462 g/mol. The highest BCUT2D eigenvalue weighted by molar-refractivity contribution is 6.43. The molecule has 0 radical (unpaired) electrons. The zero-order chi connectivity index (χ0) is 22.4. The van der Waals surface area contributed by atoms with Gasteiger partial charge in [-0.15, -0.1) is 0 Å². The molecule has 164 valence electrons. The lowest BCUT2D eigenvalue weighted by atomic mass is 9.69. The van der Waals surface area contributed by atoms with Gasteiger partial charge in [-0.1, -0.05) is 72.8 Å². The topological polar surface area (TPSA) is 86.6 Å². The molecule has 0 bridgehead atoms. The van der Waals surface area contributed by atoms with E-state index in [1.807, 2.05) is 30.3 Å². The van der Waals surface area contributed by atoms with E-state index in [1.54, 1.807) is 12.1 Å².